The maximum Gasteiger partial charge on any atom is 0.422 e. The molecule has 0 saturated heterocycles. The van der Waals surface area contributed by atoms with Gasteiger partial charge in [0.2, 0.25) is 5.88 Å². The molecule has 3 aromatic rings. The summed E-state index contributed by atoms with van der Waals surface area (Å²) in [4.78, 5) is 20.4. The van der Waals surface area contributed by atoms with Crippen LogP contribution in [0.2, 0.25) is 0 Å². The van der Waals surface area contributed by atoms with Crippen molar-refractivity contribution in [1.29, 1.82) is 0 Å². The molecule has 0 spiro atoms. The molecule has 154 valence electrons. The van der Waals surface area contributed by atoms with Crippen LogP contribution in [0, 0.1) is 6.92 Å². The lowest BCUT2D eigenvalue weighted by Gasteiger charge is -2.15. The summed E-state index contributed by atoms with van der Waals surface area (Å²) in [7, 11) is 0. The first-order chi connectivity index (χ1) is 13.7. The van der Waals surface area contributed by atoms with Gasteiger partial charge in [-0.3, -0.25) is 14.5 Å². The van der Waals surface area contributed by atoms with Crippen molar-refractivity contribution in [2.45, 2.75) is 33.0 Å². The quantitative estimate of drug-likeness (QED) is 0.677. The van der Waals surface area contributed by atoms with Gasteiger partial charge in [-0.25, -0.2) is 4.98 Å². The predicted octanol–water partition coefficient (Wildman–Crippen LogP) is 3.43. The summed E-state index contributed by atoms with van der Waals surface area (Å²) in [5.41, 5.74) is 2.12. The molecule has 1 atom stereocenters. The van der Waals surface area contributed by atoms with Crippen molar-refractivity contribution >= 4 is 16.8 Å². The van der Waals surface area contributed by atoms with E-state index in [1.165, 1.54) is 12.4 Å². The Labute approximate surface area is 164 Å². The van der Waals surface area contributed by atoms with Gasteiger partial charge in [0.15, 0.2) is 6.61 Å². The molecule has 0 aliphatic heterocycles. The number of rotatable bonds is 6. The zero-order valence-electron chi connectivity index (χ0n) is 16.1. The third-order valence-corrected chi connectivity index (χ3v) is 4.31. The van der Waals surface area contributed by atoms with Crippen LogP contribution < -0.4 is 10.1 Å². The summed E-state index contributed by atoms with van der Waals surface area (Å²) >= 11 is 0. The predicted molar refractivity (Wildman–Crippen MR) is 99.9 cm³/mol. The van der Waals surface area contributed by atoms with E-state index in [4.69, 9.17) is 4.74 Å². The molecule has 0 bridgehead atoms. The number of hydrogen-bond acceptors (Lipinski definition) is 5. The van der Waals surface area contributed by atoms with Gasteiger partial charge in [-0.2, -0.15) is 18.3 Å². The standard InChI is InChI=1S/C19H20F3N5O2/c1-4-23-17(28)16-14-9-27(26-15(14)5-6-24-16)12(3)13-7-11(2)18(25-8-13)29-10-19(20,21)22/h5-9,12H,4,10H2,1-3H3,(H,23,28). The smallest absolute Gasteiger partial charge is 0.422 e. The zero-order valence-corrected chi connectivity index (χ0v) is 16.1. The van der Waals surface area contributed by atoms with Crippen LogP contribution in [0.1, 0.15) is 41.5 Å². The minimum Gasteiger partial charge on any atom is -0.468 e. The third kappa shape index (κ3) is 4.64. The van der Waals surface area contributed by atoms with E-state index in [2.05, 4.69) is 20.4 Å². The number of alkyl halides is 3. The molecule has 1 unspecified atom stereocenters. The van der Waals surface area contributed by atoms with Crippen molar-refractivity contribution in [2.24, 2.45) is 0 Å². The zero-order chi connectivity index (χ0) is 21.2. The summed E-state index contributed by atoms with van der Waals surface area (Å²) in [6, 6.07) is 3.14. The number of carbonyl (C=O) groups excluding carboxylic acids is 1. The lowest BCUT2D eigenvalue weighted by Crippen LogP contribution is -2.23. The second kappa shape index (κ2) is 8.06. The molecule has 0 saturated carbocycles. The lowest BCUT2D eigenvalue weighted by molar-refractivity contribution is -0.154. The second-order valence-corrected chi connectivity index (χ2v) is 6.53. The number of halogens is 3. The molecule has 3 heterocycles. The summed E-state index contributed by atoms with van der Waals surface area (Å²) in [5.74, 6) is -0.347. The van der Waals surface area contributed by atoms with Crippen molar-refractivity contribution in [2.75, 3.05) is 13.2 Å². The van der Waals surface area contributed by atoms with Gasteiger partial charge in [-0.05, 0) is 38.5 Å². The average molecular weight is 407 g/mol. The van der Waals surface area contributed by atoms with Crippen molar-refractivity contribution < 1.29 is 22.7 Å². The highest BCUT2D eigenvalue weighted by molar-refractivity contribution is 6.04. The van der Waals surface area contributed by atoms with Crippen molar-refractivity contribution in [1.82, 2.24) is 25.1 Å². The molecule has 0 fully saturated rings. The summed E-state index contributed by atoms with van der Waals surface area (Å²) in [6.45, 7) is 4.41. The molecular formula is C19H20F3N5O2. The van der Waals surface area contributed by atoms with Gasteiger partial charge in [-0.1, -0.05) is 0 Å². The number of nitrogens with zero attached hydrogens (tertiary/aromatic N) is 4. The highest BCUT2D eigenvalue weighted by atomic mass is 19.4. The number of fused-ring (bicyclic) bond motifs is 1. The van der Waals surface area contributed by atoms with E-state index in [0.717, 1.165) is 5.56 Å². The van der Waals surface area contributed by atoms with Crippen LogP contribution in [0.5, 0.6) is 5.88 Å². The van der Waals surface area contributed by atoms with Crippen molar-refractivity contribution in [3.05, 3.63) is 47.5 Å². The van der Waals surface area contributed by atoms with Crippen LogP contribution in [0.15, 0.2) is 30.7 Å². The molecule has 3 rings (SSSR count). The second-order valence-electron chi connectivity index (χ2n) is 6.53. The topological polar surface area (TPSA) is 81.9 Å². The van der Waals surface area contributed by atoms with Gasteiger partial charge in [0.1, 0.15) is 5.69 Å². The van der Waals surface area contributed by atoms with Crippen molar-refractivity contribution in [3.8, 4) is 5.88 Å². The normalized spacial score (nSPS) is 12.8. The van der Waals surface area contributed by atoms with Gasteiger partial charge < -0.3 is 10.1 Å². The minimum atomic E-state index is -4.43. The first-order valence-corrected chi connectivity index (χ1v) is 8.97. The summed E-state index contributed by atoms with van der Waals surface area (Å²) in [5, 5.41) is 7.83. The summed E-state index contributed by atoms with van der Waals surface area (Å²) in [6.07, 6.45) is 0.276. The molecule has 0 aliphatic rings. The molecule has 0 aliphatic carbocycles. The lowest BCUT2D eigenvalue weighted by atomic mass is 10.1. The van der Waals surface area contributed by atoms with E-state index in [-0.39, 0.29) is 23.5 Å². The average Bonchev–Trinajstić information content (AvgIpc) is 3.10. The number of carbonyl (C=O) groups is 1. The summed E-state index contributed by atoms with van der Waals surface area (Å²) < 4.78 is 43.4. The Bertz CT molecular complexity index is 1030. The number of pyridine rings is 2. The molecule has 7 nitrogen and oxygen atoms in total. The van der Waals surface area contributed by atoms with Crippen LogP contribution in [0.25, 0.3) is 10.9 Å². The SMILES string of the molecule is CCNC(=O)c1nccc2nn(C(C)c3cnc(OCC(F)(F)F)c(C)c3)cc12. The van der Waals surface area contributed by atoms with E-state index in [1.807, 2.05) is 13.8 Å². The van der Waals surface area contributed by atoms with Gasteiger partial charge in [-0.15, -0.1) is 0 Å². The number of aryl methyl sites for hydroxylation is 1. The minimum absolute atomic E-state index is 0.0633. The molecule has 1 amide bonds. The van der Waals surface area contributed by atoms with E-state index >= 15 is 0 Å². The Hall–Kier alpha value is -3.17. The molecule has 29 heavy (non-hydrogen) atoms. The van der Waals surface area contributed by atoms with Crippen LogP contribution in [-0.4, -0.2) is 45.0 Å². The first kappa shape index (κ1) is 20.6. The van der Waals surface area contributed by atoms with E-state index in [9.17, 15) is 18.0 Å². The number of ether oxygens (including phenoxy) is 1. The van der Waals surface area contributed by atoms with Gasteiger partial charge >= 0.3 is 6.18 Å². The fraction of sp³-hybridized carbons (Fsp3) is 0.368. The maximum absolute atomic E-state index is 12.3. The van der Waals surface area contributed by atoms with Crippen LogP contribution in [0.4, 0.5) is 13.2 Å². The molecule has 1 N–H and O–H groups in total. The molecule has 10 heteroatoms. The fourth-order valence-electron chi connectivity index (χ4n) is 2.85. The van der Waals surface area contributed by atoms with Gasteiger partial charge in [0.05, 0.1) is 16.9 Å². The Morgan fingerprint density at radius 2 is 2.10 bits per heavy atom. The maximum atomic E-state index is 12.3. The van der Waals surface area contributed by atoms with E-state index < -0.39 is 12.8 Å². The Balaban J connectivity index is 1.87. The molecular weight excluding hydrogens is 387 g/mol. The number of aromatic nitrogens is 4. The van der Waals surface area contributed by atoms with Crippen LogP contribution in [-0.2, 0) is 0 Å². The monoisotopic (exact) mass is 407 g/mol. The fourth-order valence-corrected chi connectivity index (χ4v) is 2.85. The molecule has 3 aromatic heterocycles. The van der Waals surface area contributed by atoms with E-state index in [0.29, 0.717) is 23.0 Å². The van der Waals surface area contributed by atoms with Gasteiger partial charge in [0, 0.05) is 30.7 Å². The Morgan fingerprint density at radius 3 is 2.76 bits per heavy atom. The highest BCUT2D eigenvalue weighted by Crippen LogP contribution is 2.26. The first-order valence-electron chi connectivity index (χ1n) is 8.97. The largest absolute Gasteiger partial charge is 0.468 e. The third-order valence-electron chi connectivity index (χ3n) is 4.31. The van der Waals surface area contributed by atoms with Crippen LogP contribution >= 0.6 is 0 Å². The number of amides is 1. The molecule has 0 radical (unpaired) electrons. The Kier molecular flexibility index (Phi) is 5.71. The van der Waals surface area contributed by atoms with Crippen LogP contribution in [0.3, 0.4) is 0 Å². The molecule has 0 aromatic carbocycles. The number of hydrogen-bond donors (Lipinski definition) is 1. The van der Waals surface area contributed by atoms with Gasteiger partial charge in [0.25, 0.3) is 5.91 Å². The van der Waals surface area contributed by atoms with E-state index in [1.54, 1.807) is 29.9 Å². The van der Waals surface area contributed by atoms with Crippen molar-refractivity contribution in [3.63, 3.8) is 0 Å². The number of nitrogens with one attached hydrogen (secondary N) is 1. The highest BCUT2D eigenvalue weighted by Gasteiger charge is 2.29. The Morgan fingerprint density at radius 1 is 1.34 bits per heavy atom.